The van der Waals surface area contributed by atoms with E-state index in [1.165, 1.54) is 7.11 Å². The van der Waals surface area contributed by atoms with Gasteiger partial charge in [0.15, 0.2) is 11.5 Å². The third kappa shape index (κ3) is 4.89. The van der Waals surface area contributed by atoms with Crippen LogP contribution < -0.4 is 14.8 Å². The molecule has 0 bridgehead atoms. The number of rotatable bonds is 7. The van der Waals surface area contributed by atoms with Crippen molar-refractivity contribution < 1.29 is 19.1 Å². The average Bonchev–Trinajstić information content (AvgIpc) is 2.98. The van der Waals surface area contributed by atoms with Gasteiger partial charge < -0.3 is 14.8 Å². The number of nitrogens with one attached hydrogen (secondary N) is 1. The highest BCUT2D eigenvalue weighted by Crippen LogP contribution is 2.38. The molecule has 158 valence electrons. The fraction of sp³-hybridized carbons (Fsp3) is 0.273. The van der Waals surface area contributed by atoms with E-state index in [4.69, 9.17) is 32.7 Å². The third-order valence-electron chi connectivity index (χ3n) is 4.67. The second-order valence-corrected chi connectivity index (χ2v) is 7.72. The molecule has 3 amide bonds. The van der Waals surface area contributed by atoms with Gasteiger partial charge in [-0.1, -0.05) is 42.3 Å². The number of halogens is 2. The second kappa shape index (κ2) is 9.41. The fourth-order valence-corrected chi connectivity index (χ4v) is 3.27. The van der Waals surface area contributed by atoms with Gasteiger partial charge in [0, 0.05) is 5.02 Å². The minimum Gasteiger partial charge on any atom is -0.493 e. The molecule has 1 N–H and O–H groups in total. The summed E-state index contributed by atoms with van der Waals surface area (Å²) in [5, 5.41) is 3.55. The molecule has 30 heavy (non-hydrogen) atoms. The minimum absolute atomic E-state index is 0.0299. The van der Waals surface area contributed by atoms with Crippen LogP contribution in [0.3, 0.4) is 0 Å². The summed E-state index contributed by atoms with van der Waals surface area (Å²) in [5.41, 5.74) is 1.55. The topological polar surface area (TPSA) is 67.9 Å². The Morgan fingerprint density at radius 1 is 1.17 bits per heavy atom. The number of ether oxygens (including phenoxy) is 2. The molecule has 2 aromatic rings. The van der Waals surface area contributed by atoms with E-state index in [2.05, 4.69) is 5.32 Å². The van der Waals surface area contributed by atoms with Crippen LogP contribution in [-0.2, 0) is 11.3 Å². The second-order valence-electron chi connectivity index (χ2n) is 6.88. The van der Waals surface area contributed by atoms with Crippen LogP contribution in [0.25, 0.3) is 6.08 Å². The van der Waals surface area contributed by atoms with Gasteiger partial charge in [-0.15, -0.1) is 0 Å². The Labute approximate surface area is 185 Å². The van der Waals surface area contributed by atoms with E-state index < -0.39 is 11.9 Å². The standard InChI is InChI=1S/C22H22Cl2N2O4/c1-4-13(2)30-20-17(24)9-15(11-19(20)29-3)10-18-21(27)26(22(28)25-18)12-14-5-7-16(23)8-6-14/h5-11,13H,4,12H2,1-3H3,(H,25,28)/b18-10-/t13-/m0/s1. The molecule has 3 rings (SSSR count). The van der Waals surface area contributed by atoms with E-state index in [-0.39, 0.29) is 18.3 Å². The maximum atomic E-state index is 12.7. The number of amides is 3. The zero-order valence-corrected chi connectivity index (χ0v) is 18.4. The molecule has 0 unspecified atom stereocenters. The number of imide groups is 1. The SMILES string of the molecule is CC[C@H](C)Oc1c(Cl)cc(/C=C2\NC(=O)N(Cc3ccc(Cl)cc3)C2=O)cc1OC. The molecular weight excluding hydrogens is 427 g/mol. The molecule has 1 fully saturated rings. The van der Waals surface area contributed by atoms with Crippen molar-refractivity contribution in [1.29, 1.82) is 0 Å². The first kappa shape index (κ1) is 22.0. The van der Waals surface area contributed by atoms with E-state index in [9.17, 15) is 9.59 Å². The molecule has 1 aliphatic rings. The van der Waals surface area contributed by atoms with E-state index >= 15 is 0 Å². The van der Waals surface area contributed by atoms with E-state index in [0.717, 1.165) is 16.9 Å². The van der Waals surface area contributed by atoms with Crippen LogP contribution in [0.15, 0.2) is 42.1 Å². The Morgan fingerprint density at radius 2 is 1.87 bits per heavy atom. The van der Waals surface area contributed by atoms with Gasteiger partial charge in [-0.2, -0.15) is 0 Å². The van der Waals surface area contributed by atoms with E-state index in [1.807, 2.05) is 13.8 Å². The van der Waals surface area contributed by atoms with Crippen LogP contribution in [-0.4, -0.2) is 30.1 Å². The Bertz CT molecular complexity index is 989. The smallest absolute Gasteiger partial charge is 0.329 e. The summed E-state index contributed by atoms with van der Waals surface area (Å²) in [7, 11) is 1.52. The van der Waals surface area contributed by atoms with Gasteiger partial charge in [-0.25, -0.2) is 4.79 Å². The van der Waals surface area contributed by atoms with Crippen LogP contribution in [0.5, 0.6) is 11.5 Å². The van der Waals surface area contributed by atoms with Crippen molar-refractivity contribution in [3.8, 4) is 11.5 Å². The highest BCUT2D eigenvalue weighted by atomic mass is 35.5. The number of carbonyl (C=O) groups excluding carboxylic acids is 2. The number of nitrogens with zero attached hydrogens (tertiary/aromatic N) is 1. The predicted octanol–water partition coefficient (Wildman–Crippen LogP) is 5.27. The normalized spacial score (nSPS) is 16.0. The molecule has 1 aliphatic heterocycles. The molecule has 0 aromatic heterocycles. The van der Waals surface area contributed by atoms with E-state index in [0.29, 0.717) is 27.1 Å². The van der Waals surface area contributed by atoms with Crippen molar-refractivity contribution >= 4 is 41.2 Å². The maximum absolute atomic E-state index is 12.7. The lowest BCUT2D eigenvalue weighted by Gasteiger charge is -2.17. The molecule has 1 heterocycles. The first-order chi connectivity index (χ1) is 14.3. The quantitative estimate of drug-likeness (QED) is 0.462. The van der Waals surface area contributed by atoms with Gasteiger partial charge in [0.2, 0.25) is 0 Å². The molecule has 0 spiro atoms. The van der Waals surface area contributed by atoms with Crippen LogP contribution in [0, 0.1) is 0 Å². The third-order valence-corrected chi connectivity index (χ3v) is 5.21. The lowest BCUT2D eigenvalue weighted by atomic mass is 10.1. The first-order valence-corrected chi connectivity index (χ1v) is 10.2. The Kier molecular flexibility index (Phi) is 6.90. The maximum Gasteiger partial charge on any atom is 0.329 e. The average molecular weight is 449 g/mol. The van der Waals surface area contributed by atoms with Crippen molar-refractivity contribution in [2.75, 3.05) is 7.11 Å². The number of hydrogen-bond donors (Lipinski definition) is 1. The largest absolute Gasteiger partial charge is 0.493 e. The Hall–Kier alpha value is -2.70. The van der Waals surface area contributed by atoms with Crippen molar-refractivity contribution in [3.63, 3.8) is 0 Å². The predicted molar refractivity (Wildman–Crippen MR) is 117 cm³/mol. The van der Waals surface area contributed by atoms with Crippen LogP contribution in [0.1, 0.15) is 31.4 Å². The van der Waals surface area contributed by atoms with Crippen molar-refractivity contribution in [2.45, 2.75) is 32.9 Å². The highest BCUT2D eigenvalue weighted by molar-refractivity contribution is 6.32. The van der Waals surface area contributed by atoms with Gasteiger partial charge in [-0.3, -0.25) is 9.69 Å². The summed E-state index contributed by atoms with van der Waals surface area (Å²) in [5.74, 6) is 0.469. The van der Waals surface area contributed by atoms with Crippen molar-refractivity contribution in [2.24, 2.45) is 0 Å². The summed E-state index contributed by atoms with van der Waals surface area (Å²) in [6, 6.07) is 9.84. The molecule has 1 saturated heterocycles. The molecule has 0 saturated carbocycles. The summed E-state index contributed by atoms with van der Waals surface area (Å²) in [6.07, 6.45) is 2.34. The number of benzene rings is 2. The van der Waals surface area contributed by atoms with Crippen LogP contribution in [0.2, 0.25) is 10.0 Å². The Balaban J connectivity index is 1.84. The fourth-order valence-electron chi connectivity index (χ4n) is 2.88. The molecule has 1 atom stereocenters. The van der Waals surface area contributed by atoms with Gasteiger partial charge in [0.1, 0.15) is 5.70 Å². The molecular formula is C22H22Cl2N2O4. The molecule has 2 aromatic carbocycles. The highest BCUT2D eigenvalue weighted by Gasteiger charge is 2.33. The van der Waals surface area contributed by atoms with E-state index in [1.54, 1.807) is 42.5 Å². The summed E-state index contributed by atoms with van der Waals surface area (Å²) < 4.78 is 11.2. The summed E-state index contributed by atoms with van der Waals surface area (Å²) in [4.78, 5) is 26.2. The zero-order chi connectivity index (χ0) is 21.8. The van der Waals surface area contributed by atoms with Crippen molar-refractivity contribution in [3.05, 3.63) is 63.3 Å². The van der Waals surface area contributed by atoms with Gasteiger partial charge in [0.05, 0.1) is 24.8 Å². The molecule has 0 aliphatic carbocycles. The number of carbonyl (C=O) groups is 2. The summed E-state index contributed by atoms with van der Waals surface area (Å²) >= 11 is 12.3. The number of hydrogen-bond acceptors (Lipinski definition) is 4. The molecule has 0 radical (unpaired) electrons. The Morgan fingerprint density at radius 3 is 2.50 bits per heavy atom. The van der Waals surface area contributed by atoms with Gasteiger partial charge in [0.25, 0.3) is 5.91 Å². The van der Waals surface area contributed by atoms with Crippen LogP contribution in [0.4, 0.5) is 4.79 Å². The summed E-state index contributed by atoms with van der Waals surface area (Å²) in [6.45, 7) is 4.09. The molecule has 6 nitrogen and oxygen atoms in total. The lowest BCUT2D eigenvalue weighted by molar-refractivity contribution is -0.123. The number of urea groups is 1. The zero-order valence-electron chi connectivity index (χ0n) is 16.9. The number of methoxy groups -OCH3 is 1. The minimum atomic E-state index is -0.490. The van der Waals surface area contributed by atoms with Gasteiger partial charge in [-0.05, 0) is 54.8 Å². The van der Waals surface area contributed by atoms with Gasteiger partial charge >= 0.3 is 6.03 Å². The molecule has 8 heteroatoms. The van der Waals surface area contributed by atoms with Crippen LogP contribution >= 0.6 is 23.2 Å². The lowest BCUT2D eigenvalue weighted by Crippen LogP contribution is -2.30. The first-order valence-electron chi connectivity index (χ1n) is 9.45. The monoisotopic (exact) mass is 448 g/mol. The van der Waals surface area contributed by atoms with Crippen molar-refractivity contribution in [1.82, 2.24) is 10.2 Å².